The molecule has 0 radical (unpaired) electrons. The van der Waals surface area contributed by atoms with Crippen LogP contribution in [-0.4, -0.2) is 111 Å². The predicted octanol–water partition coefficient (Wildman–Crippen LogP) is 9.84. The fourth-order valence-corrected chi connectivity index (χ4v) is 84.9. The molecule has 12 nitrogen and oxygen atoms in total. The predicted molar refractivity (Wildman–Crippen MR) is 246 cm³/mol. The Morgan fingerprint density at radius 2 is 0.377 bits per heavy atom. The molecule has 3 aliphatic rings. The van der Waals surface area contributed by atoms with Crippen molar-refractivity contribution in [2.45, 2.75) is 180 Å². The van der Waals surface area contributed by atoms with Crippen molar-refractivity contribution in [2.75, 3.05) is 0 Å². The van der Waals surface area contributed by atoms with Crippen LogP contribution in [0.25, 0.3) is 0 Å². The molecule has 314 valence electrons. The van der Waals surface area contributed by atoms with Crippen molar-refractivity contribution in [3.8, 4) is 0 Å². The molecule has 0 atom stereocenters. The summed E-state index contributed by atoms with van der Waals surface area (Å²) in [7, 11) is -32.5. The highest BCUT2D eigenvalue weighted by molar-refractivity contribution is 6.96. The summed E-state index contributed by atoms with van der Waals surface area (Å²) in [6.07, 6.45) is 0. The monoisotopic (exact) mass is 970 g/mol. The third kappa shape index (κ3) is 16.4. The maximum atomic E-state index is 7.10. The van der Waals surface area contributed by atoms with Gasteiger partial charge in [0.2, 0.25) is 0 Å². The Morgan fingerprint density at radius 3 is 0.528 bits per heavy atom. The van der Waals surface area contributed by atoms with E-state index in [0.29, 0.717) is 0 Å². The summed E-state index contributed by atoms with van der Waals surface area (Å²) in [4.78, 5) is 0. The van der Waals surface area contributed by atoms with Gasteiger partial charge in [-0.25, -0.2) is 0 Å². The molecule has 0 bridgehead atoms. The van der Waals surface area contributed by atoms with E-state index in [-0.39, 0.29) is 0 Å². The lowest BCUT2D eigenvalue weighted by molar-refractivity contribution is 0.233. The van der Waals surface area contributed by atoms with Gasteiger partial charge in [-0.15, -0.1) is 0 Å². The van der Waals surface area contributed by atoms with E-state index in [1.54, 1.807) is 0 Å². The average Bonchev–Trinajstić information content (AvgIpc) is 2.76. The van der Waals surface area contributed by atoms with E-state index in [4.69, 9.17) is 49.4 Å². The van der Waals surface area contributed by atoms with Gasteiger partial charge in [-0.2, -0.15) is 0 Å². The lowest BCUT2D eigenvalue weighted by Gasteiger charge is -2.49. The molecule has 0 aliphatic carbocycles. The van der Waals surface area contributed by atoms with Gasteiger partial charge in [-0.05, 0) is 156 Å². The van der Waals surface area contributed by atoms with E-state index in [1.165, 1.54) is 0 Å². The smallest absolute Gasteiger partial charge is 0.317 e. The molecule has 0 unspecified atom stereocenters. The molecular formula is C28H78O12Si13. The van der Waals surface area contributed by atoms with Crippen LogP contribution >= 0.6 is 0 Å². The average molecular weight is 972 g/mol. The van der Waals surface area contributed by atoms with Crippen LogP contribution in [0.3, 0.4) is 0 Å². The Hall–Kier alpha value is 2.34. The largest absolute Gasteiger partial charge is 0.416 e. The number of hydrogen-bond donors (Lipinski definition) is 0. The van der Waals surface area contributed by atoms with Crippen LogP contribution in [0.2, 0.25) is 180 Å². The first kappa shape index (κ1) is 49.7. The Labute approximate surface area is 338 Å². The van der Waals surface area contributed by atoms with Gasteiger partial charge in [-0.3, -0.25) is 0 Å². The number of hydrogen-bond acceptors (Lipinski definition) is 12. The molecule has 53 heavy (non-hydrogen) atoms. The van der Waals surface area contributed by atoms with E-state index in [0.717, 1.165) is 36.3 Å². The Morgan fingerprint density at radius 1 is 0.245 bits per heavy atom. The van der Waals surface area contributed by atoms with Gasteiger partial charge in [0.1, 0.15) is 0 Å². The van der Waals surface area contributed by atoms with Crippen molar-refractivity contribution >= 4 is 111 Å². The molecule has 25 heteroatoms. The van der Waals surface area contributed by atoms with E-state index in [9.17, 15) is 0 Å². The molecule has 0 aromatic heterocycles. The minimum Gasteiger partial charge on any atom is -0.416 e. The quantitative estimate of drug-likeness (QED) is 0.205. The zero-order valence-corrected chi connectivity index (χ0v) is 50.6. The summed E-state index contributed by atoms with van der Waals surface area (Å²) < 4.78 is 82.9. The van der Waals surface area contributed by atoms with Gasteiger partial charge in [-0.1, -0.05) is 24.7 Å². The highest BCUT2D eigenvalue weighted by Gasteiger charge is 2.57. The normalized spacial score (nSPS) is 30.7. The summed E-state index contributed by atoms with van der Waals surface area (Å²) in [5.41, 5.74) is 0. The zero-order valence-electron chi connectivity index (χ0n) is 37.6. The van der Waals surface area contributed by atoms with Gasteiger partial charge in [0.05, 0.1) is 8.07 Å². The Kier molecular flexibility index (Phi) is 15.0. The molecule has 3 heterocycles. The lowest BCUT2D eigenvalue weighted by atomic mass is 10.9. The molecule has 3 rings (SSSR count). The van der Waals surface area contributed by atoms with Gasteiger partial charge in [0.25, 0.3) is 0 Å². The summed E-state index contributed by atoms with van der Waals surface area (Å²) in [6.45, 7) is 47.8. The van der Waals surface area contributed by atoms with Gasteiger partial charge >= 0.3 is 103 Å². The van der Waals surface area contributed by atoms with Gasteiger partial charge in [0, 0.05) is 0 Å². The van der Waals surface area contributed by atoms with Crippen LogP contribution < -0.4 is 0 Å². The molecule has 0 saturated carbocycles. The molecule has 0 spiro atoms. The minimum atomic E-state index is -2.71. The first-order valence-corrected chi connectivity index (χ1v) is 55.6. The second-order valence-electron chi connectivity index (χ2n) is 20.5. The third-order valence-corrected chi connectivity index (χ3v) is 64.4. The molecule has 0 aromatic carbocycles. The highest BCUT2D eigenvalue weighted by Crippen LogP contribution is 2.42. The number of rotatable bonds is 9. The summed E-state index contributed by atoms with van der Waals surface area (Å²) in [5, 5.41) is 0. The molecule has 0 aromatic rings. The fourth-order valence-electron chi connectivity index (χ4n) is 9.19. The molecular weight excluding hydrogens is 893 g/mol. The van der Waals surface area contributed by atoms with Crippen LogP contribution in [-0.2, 0) is 49.4 Å². The van der Waals surface area contributed by atoms with Gasteiger partial charge in [0.15, 0.2) is 0 Å². The molecule has 0 N–H and O–H groups in total. The van der Waals surface area contributed by atoms with Crippen LogP contribution in [0.1, 0.15) is 0 Å². The SMILES string of the molecule is C[Si](CC[Si]1(C)O[Si](C)(C)O[Si](C)(C)O[Si](C)(C)O1)(CC[Si]1(C)O[Si](C)(C)O[Si](C)(C)O[Si](C)(C)O1)CC[Si]1(C)O[Si](C)(C)O[Si](C)(C)O[Si](C)(C)O1. The van der Waals surface area contributed by atoms with E-state index in [2.05, 4.69) is 144 Å². The maximum Gasteiger partial charge on any atom is 0.317 e. The van der Waals surface area contributed by atoms with Crippen molar-refractivity contribution in [2.24, 2.45) is 0 Å². The summed E-state index contributed by atoms with van der Waals surface area (Å²) >= 11 is 0. The standard InChI is InChI=1S/C28H78O12Si13/c1-41(2)29-44(7,8)35-51(20,36-45(9,10)30-41)26-23-50(19,24-27-52(21)37-46(11,12)31-42(3,4)32-47(13,14)38-52)25-28-53(22)39-48(15,16)33-43(5,6)34-49(17,18)40-53/h23-28H2,1-22H3. The van der Waals surface area contributed by atoms with Crippen molar-refractivity contribution in [1.29, 1.82) is 0 Å². The second kappa shape index (κ2) is 16.0. The minimum absolute atomic E-state index is 0.885. The molecule has 0 amide bonds. The third-order valence-electron chi connectivity index (χ3n) is 9.27. The lowest BCUT2D eigenvalue weighted by Crippen LogP contribution is -2.65. The van der Waals surface area contributed by atoms with E-state index in [1.807, 2.05) is 0 Å². The summed E-state index contributed by atoms with van der Waals surface area (Å²) in [6, 6.07) is 5.79. The highest BCUT2D eigenvalue weighted by atomic mass is 28.5. The Balaban J connectivity index is 1.98. The Bertz CT molecular complexity index is 1080. The van der Waals surface area contributed by atoms with Crippen molar-refractivity contribution in [3.05, 3.63) is 0 Å². The maximum absolute atomic E-state index is 7.10. The molecule has 3 saturated heterocycles. The molecule has 3 aliphatic heterocycles. The van der Waals surface area contributed by atoms with Crippen LogP contribution in [0.15, 0.2) is 0 Å². The van der Waals surface area contributed by atoms with Crippen molar-refractivity contribution in [3.63, 3.8) is 0 Å². The van der Waals surface area contributed by atoms with Crippen LogP contribution in [0.4, 0.5) is 0 Å². The second-order valence-corrected chi connectivity index (χ2v) is 69.0. The van der Waals surface area contributed by atoms with E-state index < -0.39 is 111 Å². The molecule has 3 fully saturated rings. The van der Waals surface area contributed by atoms with Crippen LogP contribution in [0, 0.1) is 0 Å². The zero-order chi connectivity index (χ0) is 41.2. The van der Waals surface area contributed by atoms with E-state index >= 15 is 0 Å². The van der Waals surface area contributed by atoms with Crippen molar-refractivity contribution in [1.82, 2.24) is 0 Å². The fraction of sp³-hybridized carbons (Fsp3) is 1.00. The first-order chi connectivity index (χ1) is 23.1. The van der Waals surface area contributed by atoms with Crippen LogP contribution in [0.5, 0.6) is 0 Å². The first-order valence-electron chi connectivity index (χ1n) is 19.5. The topological polar surface area (TPSA) is 111 Å². The summed E-state index contributed by atoms with van der Waals surface area (Å²) in [5.74, 6) is 0. The van der Waals surface area contributed by atoms with Gasteiger partial charge < -0.3 is 49.4 Å². The van der Waals surface area contributed by atoms with Crippen molar-refractivity contribution < 1.29 is 49.4 Å².